The fourth-order valence-corrected chi connectivity index (χ4v) is 2.32. The summed E-state index contributed by atoms with van der Waals surface area (Å²) in [4.78, 5) is 3.27. The second-order valence-corrected chi connectivity index (χ2v) is 5.00. The molecule has 20 heavy (non-hydrogen) atoms. The molecule has 100 valence electrons. The van der Waals surface area contributed by atoms with Crippen LogP contribution in [0.15, 0.2) is 59.0 Å². The number of nitrogens with one attached hydrogen (secondary N) is 1. The number of halogens is 1. The molecule has 0 atom stereocenters. The molecule has 0 saturated heterocycles. The number of hydrogen-bond acceptors (Lipinski definition) is 1. The van der Waals surface area contributed by atoms with Crippen molar-refractivity contribution in [3.8, 4) is 22.8 Å². The summed E-state index contributed by atoms with van der Waals surface area (Å²) in [5.74, 6) is 1.93. The average molecular weight is 285 g/mol. The van der Waals surface area contributed by atoms with Gasteiger partial charge in [0.15, 0.2) is 0 Å². The third-order valence-corrected chi connectivity index (χ3v) is 3.49. The van der Waals surface area contributed by atoms with Gasteiger partial charge in [-0.2, -0.15) is 4.98 Å². The minimum atomic E-state index is 0.388. The number of H-pyrrole nitrogens is 1. The molecule has 0 aliphatic rings. The van der Waals surface area contributed by atoms with Crippen molar-refractivity contribution in [1.29, 1.82) is 0 Å². The second-order valence-electron chi connectivity index (χ2n) is 4.73. The fourth-order valence-electron chi connectivity index (χ4n) is 2.14. The van der Waals surface area contributed by atoms with Crippen LogP contribution in [-0.2, 0) is 5.88 Å². The van der Waals surface area contributed by atoms with E-state index in [9.17, 15) is 0 Å². The molecular formula is C17H15ClNO+. The van der Waals surface area contributed by atoms with Crippen molar-refractivity contribution >= 4 is 11.6 Å². The van der Waals surface area contributed by atoms with Gasteiger partial charge in [0.1, 0.15) is 5.88 Å². The van der Waals surface area contributed by atoms with Crippen LogP contribution < -0.4 is 4.98 Å². The first-order valence-electron chi connectivity index (χ1n) is 6.51. The van der Waals surface area contributed by atoms with E-state index in [-0.39, 0.29) is 0 Å². The molecule has 0 bridgehead atoms. The maximum atomic E-state index is 6.02. The Morgan fingerprint density at radius 2 is 1.65 bits per heavy atom. The normalized spacial score (nSPS) is 10.7. The Morgan fingerprint density at radius 3 is 2.30 bits per heavy atom. The van der Waals surface area contributed by atoms with Gasteiger partial charge in [-0.3, -0.25) is 0 Å². The average Bonchev–Trinajstić information content (AvgIpc) is 2.93. The number of oxazole rings is 1. The zero-order chi connectivity index (χ0) is 13.9. The van der Waals surface area contributed by atoms with Crippen molar-refractivity contribution in [1.82, 2.24) is 0 Å². The first-order valence-corrected chi connectivity index (χ1v) is 7.05. The molecule has 2 nitrogen and oxygen atoms in total. The number of hydrogen-bond donors (Lipinski definition) is 0. The highest BCUT2D eigenvalue weighted by Crippen LogP contribution is 2.27. The van der Waals surface area contributed by atoms with E-state index in [1.165, 1.54) is 5.56 Å². The third kappa shape index (κ3) is 2.47. The Bertz CT molecular complexity index is 702. The molecule has 1 N–H and O–H groups in total. The van der Waals surface area contributed by atoms with Gasteiger partial charge in [-0.1, -0.05) is 48.0 Å². The van der Waals surface area contributed by atoms with Crippen LogP contribution in [-0.4, -0.2) is 0 Å². The Kier molecular flexibility index (Phi) is 3.57. The summed E-state index contributed by atoms with van der Waals surface area (Å²) in [7, 11) is 0. The molecule has 0 unspecified atom stereocenters. The van der Waals surface area contributed by atoms with E-state index in [0.29, 0.717) is 5.88 Å². The Labute approximate surface area is 123 Å². The van der Waals surface area contributed by atoms with Crippen LogP contribution in [0.3, 0.4) is 0 Å². The molecule has 0 spiro atoms. The van der Waals surface area contributed by atoms with Crippen molar-refractivity contribution in [2.24, 2.45) is 0 Å². The molecule has 0 amide bonds. The number of rotatable bonds is 3. The van der Waals surface area contributed by atoms with E-state index in [2.05, 4.69) is 24.0 Å². The molecule has 3 rings (SSSR count). The lowest BCUT2D eigenvalue weighted by molar-refractivity contribution is -0.378. The SMILES string of the molecule is Cc1ccc(-c2[nH+]c(CCl)c(-c3ccccc3)o2)cc1. The van der Waals surface area contributed by atoms with Crippen molar-refractivity contribution in [3.05, 3.63) is 65.9 Å². The Balaban J connectivity index is 2.07. The topological polar surface area (TPSA) is 27.3 Å². The summed E-state index contributed by atoms with van der Waals surface area (Å²) in [5, 5.41) is 0. The minimum absolute atomic E-state index is 0.388. The number of aryl methyl sites for hydroxylation is 1. The monoisotopic (exact) mass is 284 g/mol. The van der Waals surface area contributed by atoms with Crippen LogP contribution in [0.1, 0.15) is 11.3 Å². The van der Waals surface area contributed by atoms with E-state index >= 15 is 0 Å². The molecule has 1 heterocycles. The molecule has 0 saturated carbocycles. The van der Waals surface area contributed by atoms with Gasteiger partial charge >= 0.3 is 5.89 Å². The van der Waals surface area contributed by atoms with Crippen LogP contribution in [0.2, 0.25) is 0 Å². The number of aromatic nitrogens is 1. The minimum Gasteiger partial charge on any atom is -0.397 e. The standard InChI is InChI=1S/C17H14ClNO/c1-12-7-9-14(10-8-12)17-19-15(11-18)16(20-17)13-5-3-2-4-6-13/h2-10H,11H2,1H3/p+1. The fraction of sp³-hybridized carbons (Fsp3) is 0.118. The second kappa shape index (κ2) is 5.51. The molecule has 1 aromatic heterocycles. The van der Waals surface area contributed by atoms with Gasteiger partial charge in [-0.05, 0) is 19.1 Å². The lowest BCUT2D eigenvalue weighted by Crippen LogP contribution is -2.07. The van der Waals surface area contributed by atoms with Crippen LogP contribution in [0.5, 0.6) is 0 Å². The predicted molar refractivity (Wildman–Crippen MR) is 80.4 cm³/mol. The molecule has 3 heteroatoms. The number of aromatic amines is 1. The van der Waals surface area contributed by atoms with Gasteiger partial charge in [0.25, 0.3) is 0 Å². The van der Waals surface area contributed by atoms with E-state index in [1.54, 1.807) is 0 Å². The van der Waals surface area contributed by atoms with Crippen LogP contribution in [0.25, 0.3) is 22.8 Å². The summed E-state index contributed by atoms with van der Waals surface area (Å²) < 4.78 is 5.98. The highest BCUT2D eigenvalue weighted by molar-refractivity contribution is 6.17. The van der Waals surface area contributed by atoms with Crippen LogP contribution >= 0.6 is 11.6 Å². The first kappa shape index (κ1) is 12.9. The van der Waals surface area contributed by atoms with Crippen molar-refractivity contribution in [2.75, 3.05) is 0 Å². The highest BCUT2D eigenvalue weighted by atomic mass is 35.5. The smallest absolute Gasteiger partial charge is 0.379 e. The van der Waals surface area contributed by atoms with E-state index < -0.39 is 0 Å². The largest absolute Gasteiger partial charge is 0.397 e. The quantitative estimate of drug-likeness (QED) is 0.652. The van der Waals surface area contributed by atoms with Gasteiger partial charge in [0.05, 0.1) is 5.56 Å². The lowest BCUT2D eigenvalue weighted by Gasteiger charge is -1.94. The molecule has 0 radical (unpaired) electrons. The zero-order valence-corrected chi connectivity index (χ0v) is 11.9. The summed E-state index contributed by atoms with van der Waals surface area (Å²) in [6, 6.07) is 18.2. The number of benzene rings is 2. The van der Waals surface area contributed by atoms with Crippen molar-refractivity contribution < 1.29 is 9.40 Å². The molecule has 0 aliphatic heterocycles. The van der Waals surface area contributed by atoms with Crippen molar-refractivity contribution in [2.45, 2.75) is 12.8 Å². The number of alkyl halides is 1. The zero-order valence-electron chi connectivity index (χ0n) is 11.2. The molecule has 2 aromatic carbocycles. The van der Waals surface area contributed by atoms with Gasteiger partial charge in [0.2, 0.25) is 11.5 Å². The predicted octanol–water partition coefficient (Wildman–Crippen LogP) is 4.47. The van der Waals surface area contributed by atoms with E-state index in [0.717, 1.165) is 28.5 Å². The summed E-state index contributed by atoms with van der Waals surface area (Å²) >= 11 is 6.02. The third-order valence-electron chi connectivity index (χ3n) is 3.23. The summed E-state index contributed by atoms with van der Waals surface area (Å²) in [5.41, 5.74) is 4.16. The highest BCUT2D eigenvalue weighted by Gasteiger charge is 2.22. The van der Waals surface area contributed by atoms with Crippen LogP contribution in [0, 0.1) is 6.92 Å². The maximum Gasteiger partial charge on any atom is 0.379 e. The van der Waals surface area contributed by atoms with Gasteiger partial charge < -0.3 is 4.42 Å². The van der Waals surface area contributed by atoms with E-state index in [4.69, 9.17) is 16.0 Å². The lowest BCUT2D eigenvalue weighted by atomic mass is 10.1. The van der Waals surface area contributed by atoms with E-state index in [1.807, 2.05) is 42.5 Å². The van der Waals surface area contributed by atoms with Gasteiger partial charge in [-0.15, -0.1) is 11.6 Å². The Hall–Kier alpha value is -2.06. The molecule has 0 aliphatic carbocycles. The Morgan fingerprint density at radius 1 is 0.950 bits per heavy atom. The van der Waals surface area contributed by atoms with Gasteiger partial charge in [0, 0.05) is 5.56 Å². The molecule has 3 aromatic rings. The summed E-state index contributed by atoms with van der Waals surface area (Å²) in [6.45, 7) is 2.06. The summed E-state index contributed by atoms with van der Waals surface area (Å²) in [6.07, 6.45) is 0. The molecular weight excluding hydrogens is 270 g/mol. The maximum absolute atomic E-state index is 6.02. The molecule has 0 fully saturated rings. The van der Waals surface area contributed by atoms with Crippen LogP contribution in [0.4, 0.5) is 0 Å². The van der Waals surface area contributed by atoms with Crippen molar-refractivity contribution in [3.63, 3.8) is 0 Å². The van der Waals surface area contributed by atoms with Gasteiger partial charge in [-0.25, -0.2) is 0 Å². The first-order chi connectivity index (χ1) is 9.78.